The summed E-state index contributed by atoms with van der Waals surface area (Å²) < 4.78 is 13.7. The highest BCUT2D eigenvalue weighted by Gasteiger charge is 2.49. The van der Waals surface area contributed by atoms with E-state index in [1.165, 1.54) is 37.3 Å². The van der Waals surface area contributed by atoms with Gasteiger partial charge in [0.1, 0.15) is 11.4 Å². The van der Waals surface area contributed by atoms with E-state index in [1.807, 2.05) is 6.07 Å². The van der Waals surface area contributed by atoms with Gasteiger partial charge in [-0.3, -0.25) is 14.5 Å². The Balaban J connectivity index is 1.85. The lowest BCUT2D eigenvalue weighted by atomic mass is 9.91. The minimum absolute atomic E-state index is 0.180. The third-order valence-corrected chi connectivity index (χ3v) is 4.34. The Morgan fingerprint density at radius 3 is 2.46 bits per heavy atom. The van der Waals surface area contributed by atoms with Gasteiger partial charge in [0.2, 0.25) is 0 Å². The second-order valence-corrected chi connectivity index (χ2v) is 6.04. The Labute approximate surface area is 148 Å². The van der Waals surface area contributed by atoms with Gasteiger partial charge in [-0.1, -0.05) is 24.3 Å². The van der Waals surface area contributed by atoms with Crippen LogP contribution >= 0.6 is 0 Å². The van der Waals surface area contributed by atoms with Crippen molar-refractivity contribution in [3.05, 3.63) is 71.0 Å². The first-order chi connectivity index (χ1) is 12.4. The summed E-state index contributed by atoms with van der Waals surface area (Å²) in [5, 5.41) is 11.4. The molecule has 1 fully saturated rings. The molecular formula is C19H14FN3O3. The summed E-state index contributed by atoms with van der Waals surface area (Å²) in [6, 6.07) is 12.8. The fourth-order valence-electron chi connectivity index (χ4n) is 2.83. The number of benzene rings is 2. The zero-order chi connectivity index (χ0) is 18.9. The molecule has 7 heteroatoms. The van der Waals surface area contributed by atoms with E-state index in [-0.39, 0.29) is 5.56 Å². The minimum Gasteiger partial charge on any atom is -0.319 e. The predicted molar refractivity (Wildman–Crippen MR) is 89.5 cm³/mol. The molecule has 3 rings (SSSR count). The second kappa shape index (κ2) is 6.41. The lowest BCUT2D eigenvalue weighted by molar-refractivity contribution is -0.130. The summed E-state index contributed by atoms with van der Waals surface area (Å²) in [6.07, 6.45) is 0. The van der Waals surface area contributed by atoms with E-state index in [0.29, 0.717) is 11.1 Å². The topological polar surface area (TPSA) is 90.3 Å². The van der Waals surface area contributed by atoms with E-state index >= 15 is 0 Å². The van der Waals surface area contributed by atoms with Crippen LogP contribution in [0.2, 0.25) is 0 Å². The van der Waals surface area contributed by atoms with Crippen LogP contribution in [-0.2, 0) is 10.3 Å². The maximum absolute atomic E-state index is 13.7. The summed E-state index contributed by atoms with van der Waals surface area (Å²) >= 11 is 0. The van der Waals surface area contributed by atoms with Crippen LogP contribution in [0.15, 0.2) is 48.5 Å². The van der Waals surface area contributed by atoms with Gasteiger partial charge in [0.15, 0.2) is 5.78 Å². The van der Waals surface area contributed by atoms with Crippen molar-refractivity contribution in [2.45, 2.75) is 12.5 Å². The van der Waals surface area contributed by atoms with Crippen molar-refractivity contribution in [3.63, 3.8) is 0 Å². The highest BCUT2D eigenvalue weighted by atomic mass is 19.1. The quantitative estimate of drug-likeness (QED) is 0.676. The first-order valence-corrected chi connectivity index (χ1v) is 7.79. The van der Waals surface area contributed by atoms with Crippen LogP contribution in [0.3, 0.4) is 0 Å². The normalized spacial score (nSPS) is 19.2. The Hall–Kier alpha value is -3.53. The maximum Gasteiger partial charge on any atom is 0.325 e. The molecule has 0 aromatic heterocycles. The monoisotopic (exact) mass is 351 g/mol. The molecule has 1 unspecified atom stereocenters. The molecule has 3 amide bonds. The van der Waals surface area contributed by atoms with Crippen molar-refractivity contribution >= 4 is 17.7 Å². The summed E-state index contributed by atoms with van der Waals surface area (Å²) in [6.45, 7) is 0.958. The second-order valence-electron chi connectivity index (χ2n) is 6.04. The first-order valence-electron chi connectivity index (χ1n) is 7.79. The molecule has 0 spiro atoms. The van der Waals surface area contributed by atoms with E-state index in [9.17, 15) is 18.8 Å². The van der Waals surface area contributed by atoms with E-state index < -0.39 is 35.6 Å². The number of nitrogens with zero attached hydrogens (tertiary/aromatic N) is 2. The maximum atomic E-state index is 13.7. The SMILES string of the molecule is CC1(c2ccc(C#N)cc2)NC(=O)N(CC(=O)c2ccccc2F)C1=O. The molecule has 1 aliphatic heterocycles. The van der Waals surface area contributed by atoms with E-state index in [1.54, 1.807) is 12.1 Å². The number of nitriles is 1. The van der Waals surface area contributed by atoms with Crippen molar-refractivity contribution in [1.29, 1.82) is 5.26 Å². The number of amides is 3. The molecule has 2 aromatic rings. The Morgan fingerprint density at radius 2 is 1.85 bits per heavy atom. The summed E-state index contributed by atoms with van der Waals surface area (Å²) in [4.78, 5) is 38.1. The van der Waals surface area contributed by atoms with Gasteiger partial charge in [0.05, 0.1) is 23.7 Å². The van der Waals surface area contributed by atoms with Crippen LogP contribution in [0.4, 0.5) is 9.18 Å². The number of carbonyl (C=O) groups is 3. The summed E-state index contributed by atoms with van der Waals surface area (Å²) in [7, 11) is 0. The average Bonchev–Trinajstić information content (AvgIpc) is 2.86. The zero-order valence-electron chi connectivity index (χ0n) is 13.8. The molecule has 2 aromatic carbocycles. The molecule has 1 N–H and O–H groups in total. The third-order valence-electron chi connectivity index (χ3n) is 4.34. The van der Waals surface area contributed by atoms with Crippen LogP contribution in [0.5, 0.6) is 0 Å². The Kier molecular flexibility index (Phi) is 4.26. The summed E-state index contributed by atoms with van der Waals surface area (Å²) in [5.41, 5.74) is -0.642. The molecule has 0 aliphatic carbocycles. The third kappa shape index (κ3) is 2.82. The van der Waals surface area contributed by atoms with Crippen molar-refractivity contribution in [2.75, 3.05) is 6.54 Å². The molecule has 1 saturated heterocycles. The molecule has 0 saturated carbocycles. The number of ketones is 1. The number of hydrogen-bond donors (Lipinski definition) is 1. The molecule has 130 valence electrons. The van der Waals surface area contributed by atoms with Crippen LogP contribution in [0.1, 0.15) is 28.4 Å². The van der Waals surface area contributed by atoms with Gasteiger partial charge in [-0.25, -0.2) is 9.18 Å². The highest BCUT2D eigenvalue weighted by molar-refractivity contribution is 6.11. The number of carbonyl (C=O) groups excluding carboxylic acids is 3. The minimum atomic E-state index is -1.36. The Bertz CT molecular complexity index is 949. The number of rotatable bonds is 4. The zero-order valence-corrected chi connectivity index (χ0v) is 13.8. The number of hydrogen-bond acceptors (Lipinski definition) is 4. The number of imide groups is 1. The average molecular weight is 351 g/mol. The number of halogens is 1. The van der Waals surface area contributed by atoms with Crippen LogP contribution < -0.4 is 5.32 Å². The van der Waals surface area contributed by atoms with E-state index in [0.717, 1.165) is 11.0 Å². The van der Waals surface area contributed by atoms with Gasteiger partial charge in [-0.15, -0.1) is 0 Å². The fraction of sp³-hybridized carbons (Fsp3) is 0.158. The lowest BCUT2D eigenvalue weighted by Gasteiger charge is -2.22. The number of urea groups is 1. The van der Waals surface area contributed by atoms with Gasteiger partial charge >= 0.3 is 6.03 Å². The van der Waals surface area contributed by atoms with E-state index in [2.05, 4.69) is 5.32 Å². The van der Waals surface area contributed by atoms with Crippen molar-refractivity contribution < 1.29 is 18.8 Å². The molecule has 6 nitrogen and oxygen atoms in total. The van der Waals surface area contributed by atoms with Crippen LogP contribution in [0, 0.1) is 17.1 Å². The van der Waals surface area contributed by atoms with Gasteiger partial charge in [-0.2, -0.15) is 5.26 Å². The molecule has 1 atom stereocenters. The first kappa shape index (κ1) is 17.3. The van der Waals surface area contributed by atoms with Crippen LogP contribution in [0.25, 0.3) is 0 Å². The molecule has 0 bridgehead atoms. The van der Waals surface area contributed by atoms with Gasteiger partial charge in [0.25, 0.3) is 5.91 Å². The number of nitrogens with one attached hydrogen (secondary N) is 1. The van der Waals surface area contributed by atoms with E-state index in [4.69, 9.17) is 5.26 Å². The van der Waals surface area contributed by atoms with Gasteiger partial charge in [-0.05, 0) is 36.8 Å². The van der Waals surface area contributed by atoms with Crippen molar-refractivity contribution in [2.24, 2.45) is 0 Å². The molecule has 26 heavy (non-hydrogen) atoms. The fourth-order valence-corrected chi connectivity index (χ4v) is 2.83. The number of Topliss-reactive ketones (excluding diaryl/α,β-unsaturated/α-hetero) is 1. The standard InChI is InChI=1S/C19H14FN3O3/c1-19(13-8-6-12(10-21)7-9-13)17(25)23(18(26)22-19)11-16(24)14-4-2-3-5-15(14)20/h2-9H,11H2,1H3,(H,22,26). The highest BCUT2D eigenvalue weighted by Crippen LogP contribution is 2.29. The lowest BCUT2D eigenvalue weighted by Crippen LogP contribution is -2.41. The summed E-state index contributed by atoms with van der Waals surface area (Å²) in [5.74, 6) is -1.99. The van der Waals surface area contributed by atoms with Crippen molar-refractivity contribution in [1.82, 2.24) is 10.2 Å². The predicted octanol–water partition coefficient (Wildman–Crippen LogP) is 2.35. The molecular weight excluding hydrogens is 337 g/mol. The largest absolute Gasteiger partial charge is 0.325 e. The van der Waals surface area contributed by atoms with Crippen molar-refractivity contribution in [3.8, 4) is 6.07 Å². The van der Waals surface area contributed by atoms with Crippen LogP contribution in [-0.4, -0.2) is 29.2 Å². The molecule has 1 aliphatic rings. The van der Waals surface area contributed by atoms with Gasteiger partial charge in [0, 0.05) is 0 Å². The Morgan fingerprint density at radius 1 is 1.19 bits per heavy atom. The van der Waals surface area contributed by atoms with Gasteiger partial charge < -0.3 is 5.32 Å². The smallest absolute Gasteiger partial charge is 0.319 e. The molecule has 0 radical (unpaired) electrons. The molecule has 1 heterocycles.